The Morgan fingerprint density at radius 3 is 2.16 bits per heavy atom. The van der Waals surface area contributed by atoms with E-state index in [2.05, 4.69) is 68.4 Å². The molecule has 0 aliphatic heterocycles. The molecule has 0 spiro atoms. The molecule has 25 heavy (non-hydrogen) atoms. The van der Waals surface area contributed by atoms with Crippen LogP contribution in [-0.4, -0.2) is 0 Å². The molecule has 0 aromatic heterocycles. The summed E-state index contributed by atoms with van der Waals surface area (Å²) in [7, 11) is 0. The van der Waals surface area contributed by atoms with E-state index in [0.29, 0.717) is 0 Å². The van der Waals surface area contributed by atoms with Crippen molar-refractivity contribution in [1.29, 1.82) is 0 Å². The molecule has 0 bridgehead atoms. The van der Waals surface area contributed by atoms with Crippen LogP contribution in [0.15, 0.2) is 97.3 Å². The number of hydrogen-bond acceptors (Lipinski definition) is 1. The highest BCUT2D eigenvalue weighted by Crippen LogP contribution is 2.26. The number of benzene rings is 2. The zero-order chi connectivity index (χ0) is 18.8. The van der Waals surface area contributed by atoms with Gasteiger partial charge in [0.2, 0.25) is 0 Å². The molecule has 0 radical (unpaired) electrons. The molecule has 0 fully saturated rings. The number of rotatable bonds is 5. The van der Waals surface area contributed by atoms with Gasteiger partial charge < -0.3 is 5.32 Å². The van der Waals surface area contributed by atoms with Crippen molar-refractivity contribution in [1.82, 2.24) is 0 Å². The van der Waals surface area contributed by atoms with Crippen molar-refractivity contribution in [3.05, 3.63) is 103 Å². The van der Waals surface area contributed by atoms with E-state index in [1.165, 1.54) is 16.3 Å². The molecule has 2 aromatic carbocycles. The molecule has 0 heterocycles. The van der Waals surface area contributed by atoms with Crippen LogP contribution in [0.3, 0.4) is 0 Å². The van der Waals surface area contributed by atoms with Gasteiger partial charge in [-0.2, -0.15) is 0 Å². The summed E-state index contributed by atoms with van der Waals surface area (Å²) >= 11 is 0. The van der Waals surface area contributed by atoms with Gasteiger partial charge in [0.1, 0.15) is 0 Å². The van der Waals surface area contributed by atoms with Crippen molar-refractivity contribution in [3.63, 3.8) is 0 Å². The second-order valence-electron chi connectivity index (χ2n) is 6.08. The minimum Gasteiger partial charge on any atom is -0.359 e. The summed E-state index contributed by atoms with van der Waals surface area (Å²) in [5, 5.41) is 5.83. The van der Waals surface area contributed by atoms with Crippen LogP contribution < -0.4 is 5.32 Å². The van der Waals surface area contributed by atoms with Crippen LogP contribution in [0.2, 0.25) is 0 Å². The number of aryl methyl sites for hydroxylation is 1. The Kier molecular flexibility index (Phi) is 8.22. The Labute approximate surface area is 152 Å². The summed E-state index contributed by atoms with van der Waals surface area (Å²) in [4.78, 5) is 0. The molecule has 1 N–H and O–H groups in total. The third-order valence-electron chi connectivity index (χ3n) is 3.50. The summed E-state index contributed by atoms with van der Waals surface area (Å²) in [6.45, 7) is 19.4. The molecule has 0 saturated heterocycles. The van der Waals surface area contributed by atoms with E-state index in [-0.39, 0.29) is 0 Å². The van der Waals surface area contributed by atoms with Crippen LogP contribution >= 0.6 is 0 Å². The summed E-state index contributed by atoms with van der Waals surface area (Å²) in [6.07, 6.45) is 7.79. The fourth-order valence-corrected chi connectivity index (χ4v) is 2.44. The van der Waals surface area contributed by atoms with Crippen molar-refractivity contribution >= 4 is 16.5 Å². The first-order valence-corrected chi connectivity index (χ1v) is 8.42. The van der Waals surface area contributed by atoms with Gasteiger partial charge >= 0.3 is 0 Å². The van der Waals surface area contributed by atoms with Crippen molar-refractivity contribution in [2.45, 2.75) is 27.7 Å². The highest BCUT2D eigenvalue weighted by Gasteiger charge is 2.01. The first-order chi connectivity index (χ1) is 11.9. The van der Waals surface area contributed by atoms with Crippen LogP contribution in [0.1, 0.15) is 26.3 Å². The predicted octanol–water partition coefficient (Wildman–Crippen LogP) is 7.34. The molecule has 0 aliphatic carbocycles. The molecule has 130 valence electrons. The van der Waals surface area contributed by atoms with Crippen LogP contribution in [0.5, 0.6) is 0 Å². The second kappa shape index (κ2) is 10.1. The Bertz CT molecular complexity index is 819. The average Bonchev–Trinajstić information content (AvgIpc) is 2.57. The van der Waals surface area contributed by atoms with E-state index < -0.39 is 0 Å². The van der Waals surface area contributed by atoms with Gasteiger partial charge in [-0.15, -0.1) is 0 Å². The summed E-state index contributed by atoms with van der Waals surface area (Å²) in [5.74, 6) is 0. The monoisotopic (exact) mass is 331 g/mol. The van der Waals surface area contributed by atoms with E-state index in [0.717, 1.165) is 22.5 Å². The molecule has 0 saturated carbocycles. The zero-order valence-electron chi connectivity index (χ0n) is 15.9. The van der Waals surface area contributed by atoms with Crippen LogP contribution in [0, 0.1) is 6.92 Å². The van der Waals surface area contributed by atoms with Crippen LogP contribution in [0.25, 0.3) is 10.8 Å². The van der Waals surface area contributed by atoms with Crippen molar-refractivity contribution in [2.24, 2.45) is 0 Å². The average molecular weight is 332 g/mol. The second-order valence-corrected chi connectivity index (χ2v) is 6.08. The van der Waals surface area contributed by atoms with Gasteiger partial charge in [-0.25, -0.2) is 0 Å². The number of anilines is 1. The molecule has 0 atom stereocenters. The highest BCUT2D eigenvalue weighted by molar-refractivity contribution is 5.96. The van der Waals surface area contributed by atoms with E-state index in [1.807, 2.05) is 45.1 Å². The predicted molar refractivity (Wildman–Crippen MR) is 115 cm³/mol. The van der Waals surface area contributed by atoms with Gasteiger partial charge in [0, 0.05) is 16.8 Å². The third-order valence-corrected chi connectivity index (χ3v) is 3.50. The highest BCUT2D eigenvalue weighted by atomic mass is 14.9. The first-order valence-electron chi connectivity index (χ1n) is 8.42. The van der Waals surface area contributed by atoms with Gasteiger partial charge in [0.05, 0.1) is 0 Å². The maximum absolute atomic E-state index is 3.87. The largest absolute Gasteiger partial charge is 0.359 e. The lowest BCUT2D eigenvalue weighted by Crippen LogP contribution is -1.95. The lowest BCUT2D eigenvalue weighted by atomic mass is 10.0. The molecule has 1 heteroatoms. The Morgan fingerprint density at radius 2 is 1.64 bits per heavy atom. The molecule has 0 unspecified atom stereocenters. The molecule has 0 amide bonds. The normalized spacial score (nSPS) is 11.0. The first kappa shape index (κ1) is 20.2. The lowest BCUT2D eigenvalue weighted by Gasteiger charge is -2.10. The summed E-state index contributed by atoms with van der Waals surface area (Å²) in [6, 6.07) is 12.6. The van der Waals surface area contributed by atoms with Crippen LogP contribution in [-0.2, 0) is 0 Å². The number of hydrogen-bond donors (Lipinski definition) is 1. The maximum atomic E-state index is 3.87. The molecule has 1 nitrogen and oxygen atoms in total. The van der Waals surface area contributed by atoms with Gasteiger partial charge in [-0.1, -0.05) is 79.9 Å². The molecule has 2 rings (SSSR count). The number of nitrogens with one attached hydrogen (secondary N) is 1. The lowest BCUT2D eigenvalue weighted by molar-refractivity contribution is 1.40. The Balaban J connectivity index is 0.000000275. The van der Waals surface area contributed by atoms with Crippen molar-refractivity contribution in [3.8, 4) is 0 Å². The fraction of sp³-hybridized carbons (Fsp3) is 0.167. The SMILES string of the molecule is C=C(C)Nc1ccc(C)c2ccccc12.C=CC(/C=C\C)=C/C(=C)C. The summed E-state index contributed by atoms with van der Waals surface area (Å²) < 4.78 is 0. The Morgan fingerprint density at radius 1 is 1.00 bits per heavy atom. The molecular formula is C24H29N. The van der Waals surface area contributed by atoms with E-state index in [9.17, 15) is 0 Å². The number of allylic oxidation sites excluding steroid dienone is 7. The topological polar surface area (TPSA) is 12.0 Å². The summed E-state index contributed by atoms with van der Waals surface area (Å²) in [5.41, 5.74) is 5.55. The zero-order valence-corrected chi connectivity index (χ0v) is 15.9. The quantitative estimate of drug-likeness (QED) is 0.565. The van der Waals surface area contributed by atoms with E-state index >= 15 is 0 Å². The molecule has 2 aromatic rings. The third kappa shape index (κ3) is 6.68. The van der Waals surface area contributed by atoms with Gasteiger partial charge in [0.25, 0.3) is 0 Å². The maximum Gasteiger partial charge on any atom is 0.0461 e. The van der Waals surface area contributed by atoms with Crippen LogP contribution in [0.4, 0.5) is 5.69 Å². The van der Waals surface area contributed by atoms with Gasteiger partial charge in [-0.05, 0) is 50.3 Å². The number of fused-ring (bicyclic) bond motifs is 1. The van der Waals surface area contributed by atoms with Gasteiger partial charge in [0.15, 0.2) is 0 Å². The minimum atomic E-state index is 0.962. The van der Waals surface area contributed by atoms with Crippen molar-refractivity contribution in [2.75, 3.05) is 5.32 Å². The smallest absolute Gasteiger partial charge is 0.0461 e. The standard InChI is InChI=1S/C14H15N.C10H14/c1-10(2)15-14-9-8-11(3)12-6-4-5-7-13(12)14;1-5-7-10(6-2)8-9(3)4/h4-9,15H,1H2,2-3H3;5-8H,2-3H2,1,4H3/b;7-5-,10-8-. The molecule has 0 aliphatic rings. The van der Waals surface area contributed by atoms with Crippen molar-refractivity contribution < 1.29 is 0 Å². The Hall–Kier alpha value is -2.80. The fourth-order valence-electron chi connectivity index (χ4n) is 2.44. The molecular weight excluding hydrogens is 302 g/mol. The minimum absolute atomic E-state index is 0.962. The van der Waals surface area contributed by atoms with Gasteiger partial charge in [-0.3, -0.25) is 0 Å². The van der Waals surface area contributed by atoms with E-state index in [1.54, 1.807) is 0 Å². The van der Waals surface area contributed by atoms with E-state index in [4.69, 9.17) is 0 Å².